The van der Waals surface area contributed by atoms with Crippen molar-refractivity contribution >= 4 is 33.1 Å². The van der Waals surface area contributed by atoms with E-state index in [9.17, 15) is 18.5 Å². The third kappa shape index (κ3) is 3.83. The Labute approximate surface area is 173 Å². The van der Waals surface area contributed by atoms with E-state index in [0.29, 0.717) is 17.0 Å². The van der Waals surface area contributed by atoms with Crippen molar-refractivity contribution in [1.29, 1.82) is 5.26 Å². The molecule has 8 nitrogen and oxygen atoms in total. The number of nitrogens with zero attached hydrogens (tertiary/aromatic N) is 4. The van der Waals surface area contributed by atoms with Gasteiger partial charge < -0.3 is 9.32 Å². The van der Waals surface area contributed by atoms with Crippen LogP contribution in [0.15, 0.2) is 63.9 Å². The lowest BCUT2D eigenvalue weighted by atomic mass is 10.2. The third-order valence-electron chi connectivity index (χ3n) is 4.85. The molecule has 1 fully saturated rings. The van der Waals surface area contributed by atoms with Gasteiger partial charge in [-0.2, -0.15) is 9.57 Å². The molecule has 0 spiro atoms. The van der Waals surface area contributed by atoms with Crippen LogP contribution in [0.25, 0.3) is 17.2 Å². The van der Waals surface area contributed by atoms with Gasteiger partial charge in [0.25, 0.3) is 0 Å². The topological polar surface area (TPSA) is 108 Å². The van der Waals surface area contributed by atoms with Gasteiger partial charge in [-0.3, -0.25) is 4.79 Å². The van der Waals surface area contributed by atoms with Crippen LogP contribution in [0.2, 0.25) is 0 Å². The fraction of sp³-hybridized carbons (Fsp3) is 0.190. The molecule has 0 bridgehead atoms. The summed E-state index contributed by atoms with van der Waals surface area (Å²) in [5.74, 6) is 0.0885. The fourth-order valence-electron chi connectivity index (χ4n) is 3.28. The average molecular weight is 422 g/mol. The van der Waals surface area contributed by atoms with E-state index in [1.165, 1.54) is 28.6 Å². The van der Waals surface area contributed by atoms with Crippen LogP contribution >= 0.6 is 0 Å². The maximum absolute atomic E-state index is 12.9. The van der Waals surface area contributed by atoms with Gasteiger partial charge in [0.2, 0.25) is 21.8 Å². The van der Waals surface area contributed by atoms with Crippen LogP contribution in [-0.4, -0.2) is 54.7 Å². The summed E-state index contributed by atoms with van der Waals surface area (Å²) in [7, 11) is -3.79. The van der Waals surface area contributed by atoms with Gasteiger partial charge in [0.05, 0.1) is 10.5 Å². The molecule has 0 aliphatic carbocycles. The number of fused-ring (bicyclic) bond motifs is 1. The molecule has 152 valence electrons. The van der Waals surface area contributed by atoms with Gasteiger partial charge in [-0.05, 0) is 24.3 Å². The number of piperazine rings is 1. The lowest BCUT2D eigenvalue weighted by Gasteiger charge is -2.33. The summed E-state index contributed by atoms with van der Waals surface area (Å²) in [6.45, 7) is 0.824. The zero-order valence-electron chi connectivity index (χ0n) is 15.9. The minimum atomic E-state index is -3.79. The van der Waals surface area contributed by atoms with Crippen molar-refractivity contribution < 1.29 is 17.6 Å². The summed E-state index contributed by atoms with van der Waals surface area (Å²) in [5, 5.41) is 9.19. The molecule has 0 atom stereocenters. The maximum Gasteiger partial charge on any atom is 0.246 e. The Morgan fingerprint density at radius 2 is 1.77 bits per heavy atom. The van der Waals surface area contributed by atoms with Crippen molar-refractivity contribution in [3.63, 3.8) is 0 Å². The number of nitriles is 1. The molecule has 1 aliphatic rings. The lowest BCUT2D eigenvalue weighted by Crippen LogP contribution is -2.50. The molecule has 1 aliphatic heterocycles. The van der Waals surface area contributed by atoms with E-state index in [0.717, 1.165) is 0 Å². The van der Waals surface area contributed by atoms with E-state index in [1.54, 1.807) is 23.1 Å². The van der Waals surface area contributed by atoms with E-state index >= 15 is 0 Å². The Kier molecular flexibility index (Phi) is 5.35. The second-order valence-electron chi connectivity index (χ2n) is 6.69. The molecule has 0 radical (unpaired) electrons. The normalized spacial score (nSPS) is 15.5. The molecule has 1 amide bonds. The molecular formula is C21H18N4O4S. The standard InChI is InChI=1S/C21H18N4O4S/c22-15-16-5-1-4-8-19(16)30(27,28)25-13-11-24(12-14-25)21(26)10-9-20-23-17-6-2-3-7-18(17)29-20/h1-10H,11-14H2/b10-9+. The molecule has 4 rings (SSSR count). The fourth-order valence-corrected chi connectivity index (χ4v) is 4.85. The van der Waals surface area contributed by atoms with Crippen molar-refractivity contribution in [1.82, 2.24) is 14.2 Å². The van der Waals surface area contributed by atoms with Crippen molar-refractivity contribution in [2.75, 3.05) is 26.2 Å². The molecule has 3 aromatic rings. The molecule has 2 heterocycles. The maximum atomic E-state index is 12.9. The molecule has 0 saturated carbocycles. The van der Waals surface area contributed by atoms with Crippen LogP contribution in [0.5, 0.6) is 0 Å². The van der Waals surface area contributed by atoms with Gasteiger partial charge in [-0.15, -0.1) is 0 Å². The number of benzene rings is 2. The van der Waals surface area contributed by atoms with E-state index in [2.05, 4.69) is 4.98 Å². The summed E-state index contributed by atoms with van der Waals surface area (Å²) in [6.07, 6.45) is 2.88. The van der Waals surface area contributed by atoms with E-state index in [4.69, 9.17) is 4.42 Å². The van der Waals surface area contributed by atoms with Crippen LogP contribution in [0.1, 0.15) is 11.5 Å². The lowest BCUT2D eigenvalue weighted by molar-refractivity contribution is -0.127. The number of aromatic nitrogens is 1. The van der Waals surface area contributed by atoms with Gasteiger partial charge in [-0.25, -0.2) is 13.4 Å². The highest BCUT2D eigenvalue weighted by atomic mass is 32.2. The highest BCUT2D eigenvalue weighted by Gasteiger charge is 2.31. The Morgan fingerprint density at radius 3 is 2.50 bits per heavy atom. The Balaban J connectivity index is 1.41. The largest absolute Gasteiger partial charge is 0.437 e. The zero-order chi connectivity index (χ0) is 21.1. The molecule has 2 aromatic carbocycles. The second kappa shape index (κ2) is 8.10. The van der Waals surface area contributed by atoms with Gasteiger partial charge in [0, 0.05) is 38.3 Å². The Bertz CT molecular complexity index is 1230. The Hall–Kier alpha value is -3.48. The highest BCUT2D eigenvalue weighted by Crippen LogP contribution is 2.21. The van der Waals surface area contributed by atoms with Crippen LogP contribution in [0, 0.1) is 11.3 Å². The molecule has 1 saturated heterocycles. The predicted molar refractivity (Wildman–Crippen MR) is 110 cm³/mol. The quantitative estimate of drug-likeness (QED) is 0.597. The summed E-state index contributed by atoms with van der Waals surface area (Å²) in [4.78, 5) is 18.3. The molecule has 30 heavy (non-hydrogen) atoms. The molecule has 1 aromatic heterocycles. The first-order valence-corrected chi connectivity index (χ1v) is 10.7. The predicted octanol–water partition coefficient (Wildman–Crippen LogP) is 2.25. The first kappa shape index (κ1) is 19.8. The molecule has 0 unspecified atom stereocenters. The number of amides is 1. The SMILES string of the molecule is N#Cc1ccccc1S(=O)(=O)N1CCN(C(=O)/C=C/c2nc3ccccc3o2)CC1. The van der Waals surface area contributed by atoms with Crippen LogP contribution < -0.4 is 0 Å². The second-order valence-corrected chi connectivity index (χ2v) is 8.60. The number of oxazole rings is 1. The zero-order valence-corrected chi connectivity index (χ0v) is 16.7. The van der Waals surface area contributed by atoms with Gasteiger partial charge >= 0.3 is 0 Å². The molecular weight excluding hydrogens is 404 g/mol. The summed E-state index contributed by atoms with van der Waals surface area (Å²) < 4.78 is 32.6. The first-order valence-electron chi connectivity index (χ1n) is 9.31. The smallest absolute Gasteiger partial charge is 0.246 e. The first-order chi connectivity index (χ1) is 14.5. The average Bonchev–Trinajstić information content (AvgIpc) is 3.20. The molecule has 0 N–H and O–H groups in total. The summed E-state index contributed by atoms with van der Waals surface area (Å²) >= 11 is 0. The van der Waals surface area contributed by atoms with Crippen LogP contribution in [-0.2, 0) is 14.8 Å². The van der Waals surface area contributed by atoms with Crippen molar-refractivity contribution in [2.24, 2.45) is 0 Å². The van der Waals surface area contributed by atoms with E-state index < -0.39 is 10.0 Å². The minimum absolute atomic E-state index is 0.0110. The van der Waals surface area contributed by atoms with Gasteiger partial charge in [0.1, 0.15) is 11.6 Å². The van der Waals surface area contributed by atoms with Crippen LogP contribution in [0.4, 0.5) is 0 Å². The monoisotopic (exact) mass is 422 g/mol. The number of hydrogen-bond acceptors (Lipinski definition) is 6. The van der Waals surface area contributed by atoms with Crippen molar-refractivity contribution in [3.05, 3.63) is 66.1 Å². The Morgan fingerprint density at radius 1 is 1.07 bits per heavy atom. The number of carbonyl (C=O) groups is 1. The van der Waals surface area contributed by atoms with E-state index in [1.807, 2.05) is 24.3 Å². The van der Waals surface area contributed by atoms with Crippen molar-refractivity contribution in [3.8, 4) is 6.07 Å². The third-order valence-corrected chi connectivity index (χ3v) is 6.81. The van der Waals surface area contributed by atoms with Gasteiger partial charge in [0.15, 0.2) is 5.58 Å². The number of rotatable bonds is 4. The number of para-hydroxylation sites is 2. The van der Waals surface area contributed by atoms with Gasteiger partial charge in [-0.1, -0.05) is 24.3 Å². The highest BCUT2D eigenvalue weighted by molar-refractivity contribution is 7.89. The van der Waals surface area contributed by atoms with Crippen molar-refractivity contribution in [2.45, 2.75) is 4.90 Å². The number of hydrogen-bond donors (Lipinski definition) is 0. The summed E-state index contributed by atoms with van der Waals surface area (Å²) in [6, 6.07) is 15.3. The number of sulfonamides is 1. The molecule has 9 heteroatoms. The van der Waals surface area contributed by atoms with Crippen LogP contribution in [0.3, 0.4) is 0 Å². The summed E-state index contributed by atoms with van der Waals surface area (Å²) in [5.41, 5.74) is 1.46. The van der Waals surface area contributed by atoms with E-state index in [-0.39, 0.29) is 42.5 Å². The minimum Gasteiger partial charge on any atom is -0.437 e. The number of carbonyl (C=O) groups excluding carboxylic acids is 1.